The number of amidine groups is 1. The highest BCUT2D eigenvalue weighted by Gasteiger charge is 2.16. The van der Waals surface area contributed by atoms with Gasteiger partial charge in [-0.2, -0.15) is 0 Å². The summed E-state index contributed by atoms with van der Waals surface area (Å²) in [4.78, 5) is 11.8. The van der Waals surface area contributed by atoms with Crippen molar-refractivity contribution in [3.05, 3.63) is 4.80 Å². The number of aliphatic imine (C=N–C) groups is 1. The number of aromatic nitrogens is 1. The summed E-state index contributed by atoms with van der Waals surface area (Å²) >= 11 is 1.62. The maximum absolute atomic E-state index is 8.49. The highest BCUT2D eigenvalue weighted by Crippen LogP contribution is 2.20. The summed E-state index contributed by atoms with van der Waals surface area (Å²) in [6, 6.07) is 0. The van der Waals surface area contributed by atoms with Crippen molar-refractivity contribution in [3.8, 4) is 0 Å². The minimum Gasteiger partial charge on any atom is -0.278 e. The Bertz CT molecular complexity index is 500. The van der Waals surface area contributed by atoms with E-state index in [-0.39, 0.29) is 0 Å². The molecule has 116 valence electrons. The van der Waals surface area contributed by atoms with E-state index in [0.717, 1.165) is 15.1 Å². The molecule has 1 aromatic rings. The summed E-state index contributed by atoms with van der Waals surface area (Å²) in [5.74, 6) is 0. The first kappa shape index (κ1) is 19.7. The van der Waals surface area contributed by atoms with E-state index in [2.05, 4.69) is 9.98 Å². The SMILES string of the molecule is CN=C(SC)N(C)c1nc(=[N+](C)C)ss1.[O-][Cl+3]([O-])([O-])[O-]. The molecular formula is C8H15ClN4O4S3. The van der Waals surface area contributed by atoms with Crippen molar-refractivity contribution in [2.24, 2.45) is 4.99 Å². The summed E-state index contributed by atoms with van der Waals surface area (Å²) in [7, 11) is 6.18. The Kier molecular flexibility index (Phi) is 8.77. The number of anilines is 1. The van der Waals surface area contributed by atoms with E-state index < -0.39 is 10.2 Å². The van der Waals surface area contributed by atoms with Gasteiger partial charge in [-0.25, -0.2) is 18.6 Å². The van der Waals surface area contributed by atoms with Crippen LogP contribution in [-0.2, 0) is 0 Å². The first-order valence-corrected chi connectivity index (χ1v) is 9.54. The van der Waals surface area contributed by atoms with Gasteiger partial charge in [-0.15, -0.1) is 10.2 Å². The third kappa shape index (κ3) is 8.11. The maximum atomic E-state index is 8.49. The van der Waals surface area contributed by atoms with Crippen molar-refractivity contribution in [1.82, 2.24) is 9.56 Å². The molecule has 0 aromatic carbocycles. The number of hydrogen-bond donors (Lipinski definition) is 0. The molecule has 0 saturated heterocycles. The van der Waals surface area contributed by atoms with Gasteiger partial charge in [-0.05, 0) is 16.6 Å². The normalized spacial score (nSPS) is 11.8. The van der Waals surface area contributed by atoms with Crippen LogP contribution in [0.5, 0.6) is 0 Å². The molecule has 0 aliphatic heterocycles. The largest absolute Gasteiger partial charge is 0.390 e. The second-order valence-corrected chi connectivity index (χ2v) is 6.98. The average molecular weight is 363 g/mol. The summed E-state index contributed by atoms with van der Waals surface area (Å²) in [6.45, 7) is 0. The third-order valence-corrected chi connectivity index (χ3v) is 4.88. The van der Waals surface area contributed by atoms with E-state index in [9.17, 15) is 0 Å². The Balaban J connectivity index is 0.000000621. The lowest BCUT2D eigenvalue weighted by atomic mass is 10.8. The molecule has 0 atom stereocenters. The van der Waals surface area contributed by atoms with Crippen LogP contribution in [-0.4, -0.2) is 44.6 Å². The van der Waals surface area contributed by atoms with Gasteiger partial charge >= 0.3 is 9.93 Å². The second-order valence-electron chi connectivity index (χ2n) is 3.39. The van der Waals surface area contributed by atoms with Gasteiger partial charge in [-0.3, -0.25) is 14.5 Å². The van der Waals surface area contributed by atoms with Crippen molar-refractivity contribution in [2.75, 3.05) is 39.3 Å². The van der Waals surface area contributed by atoms with Crippen LogP contribution in [0.25, 0.3) is 0 Å². The number of thioether (sulfide) groups is 1. The highest BCUT2D eigenvalue weighted by atomic mass is 35.7. The molecule has 1 aromatic heterocycles. The average Bonchev–Trinajstić information content (AvgIpc) is 2.77. The van der Waals surface area contributed by atoms with Gasteiger partial charge in [0, 0.05) is 29.4 Å². The van der Waals surface area contributed by atoms with Crippen LogP contribution in [0, 0.1) is 10.2 Å². The fourth-order valence-corrected chi connectivity index (χ4v) is 3.81. The summed E-state index contributed by atoms with van der Waals surface area (Å²) < 4.78 is 36.0. The fraction of sp³-hybridized carbons (Fsp3) is 0.625. The number of halogens is 1. The Labute approximate surface area is 130 Å². The molecule has 0 amide bonds. The van der Waals surface area contributed by atoms with Crippen LogP contribution in [0.2, 0.25) is 0 Å². The van der Waals surface area contributed by atoms with Crippen LogP contribution < -0.4 is 32.9 Å². The Morgan fingerprint density at radius 2 is 1.80 bits per heavy atom. The van der Waals surface area contributed by atoms with Crippen LogP contribution >= 0.6 is 32.4 Å². The van der Waals surface area contributed by atoms with Gasteiger partial charge in [0.25, 0.3) is 0 Å². The van der Waals surface area contributed by atoms with Gasteiger partial charge < -0.3 is 0 Å². The summed E-state index contributed by atoms with van der Waals surface area (Å²) in [6.07, 6.45) is 2.02. The lowest BCUT2D eigenvalue weighted by Gasteiger charge is -2.17. The van der Waals surface area contributed by atoms with Gasteiger partial charge in [0.1, 0.15) is 0 Å². The summed E-state index contributed by atoms with van der Waals surface area (Å²) in [5, 5.41) is 1.96. The van der Waals surface area contributed by atoms with Crippen molar-refractivity contribution in [3.63, 3.8) is 0 Å². The minimum absolute atomic E-state index is 0.974. The molecule has 1 heterocycles. The van der Waals surface area contributed by atoms with E-state index in [1.165, 1.54) is 0 Å². The molecule has 0 unspecified atom stereocenters. The Hall–Kier alpha value is -0.270. The molecule has 0 bridgehead atoms. The topological polar surface area (TPSA) is 124 Å². The van der Waals surface area contributed by atoms with E-state index in [4.69, 9.17) is 18.6 Å². The lowest BCUT2D eigenvalue weighted by molar-refractivity contribution is -2.00. The Morgan fingerprint density at radius 1 is 1.30 bits per heavy atom. The van der Waals surface area contributed by atoms with Crippen molar-refractivity contribution in [1.29, 1.82) is 0 Å². The minimum atomic E-state index is -4.94. The molecule has 8 nitrogen and oxygen atoms in total. The second kappa shape index (κ2) is 8.89. The number of hydrogen-bond acceptors (Lipinski definition) is 9. The molecule has 1 rings (SSSR count). The molecule has 0 N–H and O–H groups in total. The van der Waals surface area contributed by atoms with Crippen LogP contribution in [0.15, 0.2) is 4.99 Å². The zero-order valence-electron chi connectivity index (χ0n) is 11.5. The molecule has 0 spiro atoms. The molecular weight excluding hydrogens is 348 g/mol. The van der Waals surface area contributed by atoms with Crippen molar-refractivity contribution < 1.29 is 28.9 Å². The number of rotatable bonds is 1. The van der Waals surface area contributed by atoms with Crippen molar-refractivity contribution in [2.45, 2.75) is 0 Å². The van der Waals surface area contributed by atoms with E-state index in [1.807, 2.05) is 36.9 Å². The zero-order valence-corrected chi connectivity index (χ0v) is 14.7. The predicted molar refractivity (Wildman–Crippen MR) is 72.4 cm³/mol. The third-order valence-electron chi connectivity index (χ3n) is 1.71. The molecule has 12 heteroatoms. The molecule has 0 saturated carbocycles. The van der Waals surface area contributed by atoms with E-state index in [1.54, 1.807) is 39.5 Å². The van der Waals surface area contributed by atoms with E-state index in [0.29, 0.717) is 0 Å². The highest BCUT2D eigenvalue weighted by molar-refractivity contribution is 8.13. The van der Waals surface area contributed by atoms with Gasteiger partial charge in [-0.1, -0.05) is 11.8 Å². The van der Waals surface area contributed by atoms with Crippen LogP contribution in [0.1, 0.15) is 0 Å². The van der Waals surface area contributed by atoms with E-state index >= 15 is 0 Å². The quantitative estimate of drug-likeness (QED) is 0.218. The summed E-state index contributed by atoms with van der Waals surface area (Å²) in [5.41, 5.74) is 0. The standard InChI is InChI=1S/C8H15N4S3.ClHO4/c1-9-6(13-5)12(4)8-10-7(11(2)3)14-15-8;2-1(3,4)5/h1-5H3;(H,2,3,4,5)/q+1;/p-1. The zero-order chi connectivity index (χ0) is 15.9. The fourth-order valence-electron chi connectivity index (χ4n) is 0.959. The first-order chi connectivity index (χ1) is 9.10. The molecule has 0 aliphatic rings. The molecule has 0 radical (unpaired) electrons. The van der Waals surface area contributed by atoms with Crippen molar-refractivity contribution >= 4 is 42.7 Å². The first-order valence-electron chi connectivity index (χ1n) is 4.93. The van der Waals surface area contributed by atoms with Crippen LogP contribution in [0.4, 0.5) is 5.13 Å². The Morgan fingerprint density at radius 3 is 2.10 bits per heavy atom. The van der Waals surface area contributed by atoms with Gasteiger partial charge in [0.05, 0.1) is 14.1 Å². The lowest BCUT2D eigenvalue weighted by Crippen LogP contribution is -2.68. The monoisotopic (exact) mass is 362 g/mol. The maximum Gasteiger partial charge on any atom is 0.390 e. The predicted octanol–water partition coefficient (Wildman–Crippen LogP) is -3.73. The van der Waals surface area contributed by atoms with Gasteiger partial charge in [0.15, 0.2) is 5.17 Å². The molecule has 20 heavy (non-hydrogen) atoms. The number of nitrogens with zero attached hydrogens (tertiary/aromatic N) is 4. The molecule has 0 fully saturated rings. The van der Waals surface area contributed by atoms with Gasteiger partial charge in [0.2, 0.25) is 0 Å². The van der Waals surface area contributed by atoms with Crippen LogP contribution in [0.3, 0.4) is 0 Å². The molecule has 0 aliphatic carbocycles. The smallest absolute Gasteiger partial charge is 0.278 e.